The second-order valence-electron chi connectivity index (χ2n) is 6.12. The maximum Gasteiger partial charge on any atom is 0.262 e. The molecule has 0 aliphatic carbocycles. The molecule has 6 nitrogen and oxygen atoms in total. The zero-order valence-corrected chi connectivity index (χ0v) is 18.1. The maximum atomic E-state index is 12.3. The lowest BCUT2D eigenvalue weighted by molar-refractivity contribution is -0.118. The number of halogens is 1. The molecule has 0 fully saturated rings. The molecule has 3 rings (SSSR count). The Labute approximate surface area is 187 Å². The molecule has 8 heteroatoms. The molecule has 0 saturated carbocycles. The molecule has 0 bridgehead atoms. The van der Waals surface area contributed by atoms with Crippen molar-refractivity contribution in [3.05, 3.63) is 88.9 Å². The number of anilines is 2. The molecule has 0 radical (unpaired) electrons. The summed E-state index contributed by atoms with van der Waals surface area (Å²) in [6.45, 7) is -0.109. The molecule has 0 aliphatic rings. The van der Waals surface area contributed by atoms with Gasteiger partial charge in [0.15, 0.2) is 11.7 Å². The molecule has 0 saturated heterocycles. The quantitative estimate of drug-likeness (QED) is 0.446. The standard InChI is InChI=1S/C22H18BrN3O3S/c23-19-12-5-4-11-18(19)21(28)26-22(30)25-16-8-6-7-15(13-16)24-20(27)14-29-17-9-2-1-3-10-17/h1-13H,14H2,(H,24,27)(H2,25,26,28,30). The van der Waals surface area contributed by atoms with Crippen molar-refractivity contribution in [3.8, 4) is 5.75 Å². The number of hydrogen-bond acceptors (Lipinski definition) is 4. The van der Waals surface area contributed by atoms with E-state index in [9.17, 15) is 9.59 Å². The summed E-state index contributed by atoms with van der Waals surface area (Å²) in [5, 5.41) is 8.47. The first-order valence-electron chi connectivity index (χ1n) is 8.96. The first-order chi connectivity index (χ1) is 14.5. The maximum absolute atomic E-state index is 12.3. The molecular formula is C22H18BrN3O3S. The molecule has 0 unspecified atom stereocenters. The highest BCUT2D eigenvalue weighted by Gasteiger charge is 2.11. The summed E-state index contributed by atoms with van der Waals surface area (Å²) in [5.41, 5.74) is 1.66. The third kappa shape index (κ3) is 6.40. The lowest BCUT2D eigenvalue weighted by Gasteiger charge is -2.12. The van der Waals surface area contributed by atoms with Gasteiger partial charge >= 0.3 is 0 Å². The van der Waals surface area contributed by atoms with Gasteiger partial charge in [0.1, 0.15) is 5.75 Å². The fourth-order valence-corrected chi connectivity index (χ4v) is 3.19. The third-order valence-electron chi connectivity index (χ3n) is 3.86. The second kappa shape index (κ2) is 10.5. The number of ether oxygens (including phenoxy) is 1. The van der Waals surface area contributed by atoms with Gasteiger partial charge in [-0.3, -0.25) is 14.9 Å². The highest BCUT2D eigenvalue weighted by atomic mass is 79.9. The molecule has 3 aromatic carbocycles. The molecular weight excluding hydrogens is 466 g/mol. The lowest BCUT2D eigenvalue weighted by Crippen LogP contribution is -2.34. The van der Waals surface area contributed by atoms with Crippen LogP contribution >= 0.6 is 28.1 Å². The highest BCUT2D eigenvalue weighted by molar-refractivity contribution is 9.10. The minimum absolute atomic E-state index is 0.109. The first kappa shape index (κ1) is 21.5. The predicted molar refractivity (Wildman–Crippen MR) is 125 cm³/mol. The largest absolute Gasteiger partial charge is 0.484 e. The van der Waals surface area contributed by atoms with Crippen molar-refractivity contribution in [3.63, 3.8) is 0 Å². The van der Waals surface area contributed by atoms with Crippen molar-refractivity contribution in [1.29, 1.82) is 0 Å². The van der Waals surface area contributed by atoms with E-state index in [0.717, 1.165) is 0 Å². The van der Waals surface area contributed by atoms with E-state index in [4.69, 9.17) is 17.0 Å². The summed E-state index contributed by atoms with van der Waals surface area (Å²) in [6.07, 6.45) is 0. The summed E-state index contributed by atoms with van der Waals surface area (Å²) >= 11 is 8.56. The minimum Gasteiger partial charge on any atom is -0.484 e. The fraction of sp³-hybridized carbons (Fsp3) is 0.0455. The topological polar surface area (TPSA) is 79.5 Å². The molecule has 152 valence electrons. The van der Waals surface area contributed by atoms with Crippen LogP contribution in [0, 0.1) is 0 Å². The zero-order valence-electron chi connectivity index (χ0n) is 15.7. The van der Waals surface area contributed by atoms with E-state index in [-0.39, 0.29) is 23.5 Å². The fourth-order valence-electron chi connectivity index (χ4n) is 2.52. The number of para-hydroxylation sites is 1. The molecule has 2 amide bonds. The van der Waals surface area contributed by atoms with Crippen LogP contribution in [0.15, 0.2) is 83.3 Å². The Bertz CT molecular complexity index is 1060. The Hall–Kier alpha value is -3.23. The van der Waals surface area contributed by atoms with Crippen LogP contribution in [0.4, 0.5) is 11.4 Å². The number of carbonyl (C=O) groups is 2. The normalized spacial score (nSPS) is 10.0. The Morgan fingerprint density at radius 1 is 0.867 bits per heavy atom. The van der Waals surface area contributed by atoms with Gasteiger partial charge in [0, 0.05) is 15.8 Å². The number of nitrogens with one attached hydrogen (secondary N) is 3. The number of thiocarbonyl (C=S) groups is 1. The van der Waals surface area contributed by atoms with Gasteiger partial charge in [-0.05, 0) is 70.6 Å². The smallest absolute Gasteiger partial charge is 0.262 e. The lowest BCUT2D eigenvalue weighted by atomic mass is 10.2. The summed E-state index contributed by atoms with van der Waals surface area (Å²) < 4.78 is 6.10. The highest BCUT2D eigenvalue weighted by Crippen LogP contribution is 2.17. The SMILES string of the molecule is O=C(COc1ccccc1)Nc1cccc(NC(=S)NC(=O)c2ccccc2Br)c1. The average molecular weight is 484 g/mol. The summed E-state index contributed by atoms with van der Waals surface area (Å²) in [5.74, 6) is -0.00230. The monoisotopic (exact) mass is 483 g/mol. The van der Waals surface area contributed by atoms with Gasteiger partial charge in [-0.1, -0.05) is 36.4 Å². The van der Waals surface area contributed by atoms with Crippen molar-refractivity contribution in [1.82, 2.24) is 5.32 Å². The van der Waals surface area contributed by atoms with Gasteiger partial charge < -0.3 is 15.4 Å². The van der Waals surface area contributed by atoms with Gasteiger partial charge in [-0.2, -0.15) is 0 Å². The number of benzene rings is 3. The number of hydrogen-bond donors (Lipinski definition) is 3. The molecule has 3 N–H and O–H groups in total. The van der Waals surface area contributed by atoms with Crippen molar-refractivity contribution >= 4 is 56.4 Å². The molecule has 0 spiro atoms. The molecule has 0 aromatic heterocycles. The molecule has 30 heavy (non-hydrogen) atoms. The van der Waals surface area contributed by atoms with Crippen molar-refractivity contribution < 1.29 is 14.3 Å². The van der Waals surface area contributed by atoms with Gasteiger partial charge in [0.25, 0.3) is 11.8 Å². The molecule has 0 atom stereocenters. The van der Waals surface area contributed by atoms with Crippen LogP contribution in [0.25, 0.3) is 0 Å². The molecule has 0 heterocycles. The van der Waals surface area contributed by atoms with Gasteiger partial charge in [-0.15, -0.1) is 0 Å². The third-order valence-corrected chi connectivity index (χ3v) is 4.76. The number of rotatable bonds is 6. The second-order valence-corrected chi connectivity index (χ2v) is 7.38. The van der Waals surface area contributed by atoms with Crippen LogP contribution in [0.2, 0.25) is 0 Å². The van der Waals surface area contributed by atoms with Crippen LogP contribution in [-0.4, -0.2) is 23.5 Å². The summed E-state index contributed by atoms with van der Waals surface area (Å²) in [7, 11) is 0. The van der Waals surface area contributed by atoms with E-state index in [1.807, 2.05) is 24.3 Å². The Balaban J connectivity index is 1.53. The van der Waals surface area contributed by atoms with Crippen LogP contribution in [-0.2, 0) is 4.79 Å². The van der Waals surface area contributed by atoms with Gasteiger partial charge in [0.2, 0.25) is 0 Å². The Morgan fingerprint density at radius 2 is 1.53 bits per heavy atom. The van der Waals surface area contributed by atoms with Crippen LogP contribution in [0.1, 0.15) is 10.4 Å². The van der Waals surface area contributed by atoms with E-state index >= 15 is 0 Å². The van der Waals surface area contributed by atoms with Crippen molar-refractivity contribution in [2.45, 2.75) is 0 Å². The Kier molecular flexibility index (Phi) is 7.53. The van der Waals surface area contributed by atoms with E-state index in [2.05, 4.69) is 31.9 Å². The summed E-state index contributed by atoms with van der Waals surface area (Å²) in [4.78, 5) is 24.4. The van der Waals surface area contributed by atoms with E-state index in [1.165, 1.54) is 0 Å². The first-order valence-corrected chi connectivity index (χ1v) is 10.2. The van der Waals surface area contributed by atoms with Crippen molar-refractivity contribution in [2.24, 2.45) is 0 Å². The molecule has 3 aromatic rings. The average Bonchev–Trinajstić information content (AvgIpc) is 2.73. The van der Waals surface area contributed by atoms with Gasteiger partial charge in [-0.25, -0.2) is 0 Å². The Morgan fingerprint density at radius 3 is 2.27 bits per heavy atom. The van der Waals surface area contributed by atoms with Gasteiger partial charge in [0.05, 0.1) is 5.56 Å². The number of amides is 2. The zero-order chi connectivity index (χ0) is 21.3. The predicted octanol–water partition coefficient (Wildman–Crippen LogP) is 4.59. The van der Waals surface area contributed by atoms with Crippen LogP contribution in [0.3, 0.4) is 0 Å². The minimum atomic E-state index is -0.331. The number of carbonyl (C=O) groups excluding carboxylic acids is 2. The molecule has 0 aliphatic heterocycles. The van der Waals surface area contributed by atoms with E-state index in [1.54, 1.807) is 54.6 Å². The van der Waals surface area contributed by atoms with Crippen LogP contribution < -0.4 is 20.7 Å². The van der Waals surface area contributed by atoms with Crippen LogP contribution in [0.5, 0.6) is 5.75 Å². The van der Waals surface area contributed by atoms with E-state index in [0.29, 0.717) is 27.2 Å². The summed E-state index contributed by atoms with van der Waals surface area (Å²) in [6, 6.07) is 23.1. The van der Waals surface area contributed by atoms with Crippen molar-refractivity contribution in [2.75, 3.05) is 17.2 Å². The van der Waals surface area contributed by atoms with E-state index < -0.39 is 0 Å².